The van der Waals surface area contributed by atoms with Crippen LogP contribution in [-0.2, 0) is 11.2 Å². The predicted molar refractivity (Wildman–Crippen MR) is 70.5 cm³/mol. The van der Waals surface area contributed by atoms with Crippen molar-refractivity contribution in [2.75, 3.05) is 7.11 Å². The van der Waals surface area contributed by atoms with Gasteiger partial charge in [0.1, 0.15) is 0 Å². The Labute approximate surface area is 109 Å². The summed E-state index contributed by atoms with van der Waals surface area (Å²) in [6.45, 7) is 1.88. The SMILES string of the molecule is COC(C)C(O)Cc1ccn(C2CCCCC2)n1. The van der Waals surface area contributed by atoms with Gasteiger partial charge in [0.2, 0.25) is 0 Å². The van der Waals surface area contributed by atoms with Gasteiger partial charge in [-0.2, -0.15) is 5.10 Å². The van der Waals surface area contributed by atoms with Gasteiger partial charge in [0, 0.05) is 19.7 Å². The van der Waals surface area contributed by atoms with Crippen LogP contribution in [0.25, 0.3) is 0 Å². The summed E-state index contributed by atoms with van der Waals surface area (Å²) in [5, 5.41) is 14.5. The molecule has 1 aliphatic rings. The third kappa shape index (κ3) is 3.33. The van der Waals surface area contributed by atoms with E-state index >= 15 is 0 Å². The molecular formula is C14H24N2O2. The van der Waals surface area contributed by atoms with Crippen LogP contribution in [0, 0.1) is 0 Å². The quantitative estimate of drug-likeness (QED) is 0.875. The molecule has 0 bridgehead atoms. The van der Waals surface area contributed by atoms with Gasteiger partial charge >= 0.3 is 0 Å². The Morgan fingerprint density at radius 3 is 2.83 bits per heavy atom. The van der Waals surface area contributed by atoms with Gasteiger partial charge in [0.15, 0.2) is 0 Å². The molecule has 1 aliphatic carbocycles. The summed E-state index contributed by atoms with van der Waals surface area (Å²) < 4.78 is 7.20. The molecule has 0 saturated heterocycles. The second-order valence-corrected chi connectivity index (χ2v) is 5.29. The van der Waals surface area contributed by atoms with Gasteiger partial charge in [0.25, 0.3) is 0 Å². The van der Waals surface area contributed by atoms with Crippen molar-refractivity contribution in [2.45, 2.75) is 63.7 Å². The number of nitrogens with zero attached hydrogens (tertiary/aromatic N) is 2. The number of aliphatic hydroxyl groups is 1. The first-order valence-corrected chi connectivity index (χ1v) is 6.95. The Morgan fingerprint density at radius 2 is 2.17 bits per heavy atom. The molecule has 1 N–H and O–H groups in total. The van der Waals surface area contributed by atoms with Gasteiger partial charge in [-0.25, -0.2) is 0 Å². The molecule has 4 heteroatoms. The lowest BCUT2D eigenvalue weighted by Crippen LogP contribution is -2.27. The number of ether oxygens (including phenoxy) is 1. The predicted octanol–water partition coefficient (Wildman–Crippen LogP) is 2.33. The summed E-state index contributed by atoms with van der Waals surface area (Å²) in [5.74, 6) is 0. The molecule has 2 unspecified atom stereocenters. The monoisotopic (exact) mass is 252 g/mol. The van der Waals surface area contributed by atoms with Crippen LogP contribution in [0.3, 0.4) is 0 Å². The fourth-order valence-corrected chi connectivity index (χ4v) is 2.57. The van der Waals surface area contributed by atoms with Crippen LogP contribution >= 0.6 is 0 Å². The molecule has 0 spiro atoms. The van der Waals surface area contributed by atoms with Crippen molar-refractivity contribution in [1.82, 2.24) is 9.78 Å². The number of hydrogen-bond donors (Lipinski definition) is 1. The highest BCUT2D eigenvalue weighted by Crippen LogP contribution is 2.27. The van der Waals surface area contributed by atoms with Crippen LogP contribution in [0.4, 0.5) is 0 Å². The summed E-state index contributed by atoms with van der Waals surface area (Å²) in [7, 11) is 1.62. The zero-order valence-electron chi connectivity index (χ0n) is 11.4. The molecule has 0 aromatic carbocycles. The first-order chi connectivity index (χ1) is 8.70. The number of rotatable bonds is 5. The largest absolute Gasteiger partial charge is 0.390 e. The standard InChI is InChI=1S/C14H24N2O2/c1-11(18-2)14(17)10-12-8-9-16(15-12)13-6-4-3-5-7-13/h8-9,11,13-14,17H,3-7,10H2,1-2H3. The van der Waals surface area contributed by atoms with Crippen molar-refractivity contribution in [3.63, 3.8) is 0 Å². The normalized spacial score (nSPS) is 20.8. The fourth-order valence-electron chi connectivity index (χ4n) is 2.57. The van der Waals surface area contributed by atoms with E-state index in [2.05, 4.69) is 16.0 Å². The maximum atomic E-state index is 9.92. The van der Waals surface area contributed by atoms with Gasteiger partial charge in [-0.1, -0.05) is 19.3 Å². The second kappa shape index (κ2) is 6.34. The molecule has 1 saturated carbocycles. The molecule has 4 nitrogen and oxygen atoms in total. The lowest BCUT2D eigenvalue weighted by Gasteiger charge is -2.22. The minimum absolute atomic E-state index is 0.148. The van der Waals surface area contributed by atoms with Crippen molar-refractivity contribution in [1.29, 1.82) is 0 Å². The topological polar surface area (TPSA) is 47.3 Å². The van der Waals surface area contributed by atoms with E-state index in [4.69, 9.17) is 4.74 Å². The molecular weight excluding hydrogens is 228 g/mol. The van der Waals surface area contributed by atoms with Crippen LogP contribution in [-0.4, -0.2) is 34.2 Å². The van der Waals surface area contributed by atoms with E-state index in [9.17, 15) is 5.11 Å². The highest BCUT2D eigenvalue weighted by molar-refractivity contribution is 5.02. The summed E-state index contributed by atoms with van der Waals surface area (Å²) in [4.78, 5) is 0. The van der Waals surface area contributed by atoms with Crippen molar-refractivity contribution in [3.05, 3.63) is 18.0 Å². The summed E-state index contributed by atoms with van der Waals surface area (Å²) in [6, 6.07) is 2.57. The molecule has 1 fully saturated rings. The van der Waals surface area contributed by atoms with Gasteiger partial charge in [-0.15, -0.1) is 0 Å². The van der Waals surface area contributed by atoms with E-state index < -0.39 is 6.10 Å². The van der Waals surface area contributed by atoms with E-state index in [-0.39, 0.29) is 6.10 Å². The summed E-state index contributed by atoms with van der Waals surface area (Å²) in [5.41, 5.74) is 0.956. The maximum absolute atomic E-state index is 9.92. The van der Waals surface area contributed by atoms with Crippen molar-refractivity contribution in [2.24, 2.45) is 0 Å². The van der Waals surface area contributed by atoms with Crippen molar-refractivity contribution < 1.29 is 9.84 Å². The molecule has 18 heavy (non-hydrogen) atoms. The van der Waals surface area contributed by atoms with E-state index in [0.29, 0.717) is 12.5 Å². The Bertz CT molecular complexity index is 358. The van der Waals surface area contributed by atoms with Crippen LogP contribution in [0.5, 0.6) is 0 Å². The fraction of sp³-hybridized carbons (Fsp3) is 0.786. The molecule has 1 aromatic heterocycles. The van der Waals surface area contributed by atoms with Gasteiger partial charge in [-0.05, 0) is 25.8 Å². The molecule has 2 atom stereocenters. The van der Waals surface area contributed by atoms with Crippen LogP contribution in [0.1, 0.15) is 50.8 Å². The first-order valence-electron chi connectivity index (χ1n) is 6.95. The zero-order valence-corrected chi connectivity index (χ0v) is 11.4. The Morgan fingerprint density at radius 1 is 1.44 bits per heavy atom. The first kappa shape index (κ1) is 13.6. The summed E-state index contributed by atoms with van der Waals surface area (Å²) >= 11 is 0. The van der Waals surface area contributed by atoms with Crippen LogP contribution in [0.2, 0.25) is 0 Å². The molecule has 0 radical (unpaired) electrons. The van der Waals surface area contributed by atoms with E-state index in [0.717, 1.165) is 5.69 Å². The number of aliphatic hydroxyl groups excluding tert-OH is 1. The highest BCUT2D eigenvalue weighted by atomic mass is 16.5. The maximum Gasteiger partial charge on any atom is 0.0854 e. The Kier molecular flexibility index (Phi) is 4.78. The average Bonchev–Trinajstić information content (AvgIpc) is 2.87. The Hall–Kier alpha value is -0.870. The number of aromatic nitrogens is 2. The van der Waals surface area contributed by atoms with E-state index in [1.807, 2.05) is 13.0 Å². The molecule has 0 amide bonds. The molecule has 0 aliphatic heterocycles. The van der Waals surface area contributed by atoms with Gasteiger partial charge in [0.05, 0.1) is 23.9 Å². The van der Waals surface area contributed by atoms with Crippen LogP contribution < -0.4 is 0 Å². The lowest BCUT2D eigenvalue weighted by atomic mass is 9.96. The highest BCUT2D eigenvalue weighted by Gasteiger charge is 2.18. The second-order valence-electron chi connectivity index (χ2n) is 5.29. The average molecular weight is 252 g/mol. The Balaban J connectivity index is 1.93. The van der Waals surface area contributed by atoms with Gasteiger partial charge < -0.3 is 9.84 Å². The molecule has 2 rings (SSSR count). The minimum Gasteiger partial charge on any atom is -0.390 e. The third-order valence-electron chi connectivity index (χ3n) is 3.94. The van der Waals surface area contributed by atoms with Crippen molar-refractivity contribution in [3.8, 4) is 0 Å². The molecule has 102 valence electrons. The van der Waals surface area contributed by atoms with E-state index in [1.54, 1.807) is 7.11 Å². The van der Waals surface area contributed by atoms with E-state index in [1.165, 1.54) is 32.1 Å². The van der Waals surface area contributed by atoms with Gasteiger partial charge in [-0.3, -0.25) is 4.68 Å². The molecule has 1 heterocycles. The minimum atomic E-state index is -0.482. The summed E-state index contributed by atoms with van der Waals surface area (Å²) in [6.07, 6.45) is 8.43. The lowest BCUT2D eigenvalue weighted by molar-refractivity contribution is -0.000137. The third-order valence-corrected chi connectivity index (χ3v) is 3.94. The number of methoxy groups -OCH3 is 1. The number of hydrogen-bond acceptors (Lipinski definition) is 3. The smallest absolute Gasteiger partial charge is 0.0854 e. The molecule has 1 aromatic rings. The van der Waals surface area contributed by atoms with Crippen LogP contribution in [0.15, 0.2) is 12.3 Å². The van der Waals surface area contributed by atoms with Crippen molar-refractivity contribution >= 4 is 0 Å². The zero-order chi connectivity index (χ0) is 13.0.